The molecule has 0 saturated carbocycles. The Morgan fingerprint density at radius 2 is 1.22 bits per heavy atom. The van der Waals surface area contributed by atoms with Crippen molar-refractivity contribution < 1.29 is 35.4 Å². The first-order valence-corrected chi connectivity index (χ1v) is 10.1. The lowest BCUT2D eigenvalue weighted by Crippen LogP contribution is -2.42. The first-order valence-electron chi connectivity index (χ1n) is 8.80. The minimum Gasteiger partial charge on any atom is -0.315 e. The molecule has 13 heteroatoms. The number of fused-ring (bicyclic) bond motifs is 4. The Morgan fingerprint density at radius 1 is 0.815 bits per heavy atom. The van der Waals surface area contributed by atoms with E-state index in [9.17, 15) is 26.8 Å². The summed E-state index contributed by atoms with van der Waals surface area (Å²) < 4.78 is 60.2. The van der Waals surface area contributed by atoms with Gasteiger partial charge in [-0.25, -0.2) is 18.4 Å². The second-order valence-electron chi connectivity index (χ2n) is 7.16. The van der Waals surface area contributed by atoms with E-state index in [0.29, 0.717) is 35.8 Å². The molecule has 4 heterocycles. The molecule has 4 fully saturated rings. The molecule has 4 rings (SSSR count). The number of hydrogen-bond acceptors (Lipinski definition) is 6. The number of rotatable bonds is 6. The lowest BCUT2D eigenvalue weighted by molar-refractivity contribution is -0.0841. The van der Waals surface area contributed by atoms with Gasteiger partial charge in [0.05, 0.1) is 24.2 Å². The molecule has 152 valence electrons. The van der Waals surface area contributed by atoms with Crippen LogP contribution in [-0.2, 0) is 19.0 Å². The van der Waals surface area contributed by atoms with Crippen LogP contribution in [0.1, 0.15) is 25.7 Å². The fourth-order valence-corrected chi connectivity index (χ4v) is 4.94. The summed E-state index contributed by atoms with van der Waals surface area (Å²) in [6.45, 7) is -1.10. The first-order chi connectivity index (χ1) is 12.8. The second-order valence-corrected chi connectivity index (χ2v) is 8.27. The van der Waals surface area contributed by atoms with Crippen LogP contribution in [0.3, 0.4) is 0 Å². The van der Waals surface area contributed by atoms with Crippen molar-refractivity contribution in [1.29, 1.82) is 0 Å². The Balaban J connectivity index is 1.44. The van der Waals surface area contributed by atoms with Crippen molar-refractivity contribution in [1.82, 2.24) is 19.9 Å². The second kappa shape index (κ2) is 6.71. The predicted octanol–water partition coefficient (Wildman–Crippen LogP) is 0.571. The summed E-state index contributed by atoms with van der Waals surface area (Å²) in [6.07, 6.45) is 1.59. The highest BCUT2D eigenvalue weighted by atomic mass is 32.3. The maximum absolute atomic E-state index is 13.0. The van der Waals surface area contributed by atoms with E-state index in [1.807, 2.05) is 0 Å². The third-order valence-corrected chi connectivity index (χ3v) is 6.28. The van der Waals surface area contributed by atoms with Crippen molar-refractivity contribution in [3.8, 4) is 0 Å². The minimum atomic E-state index is -4.77. The lowest BCUT2D eigenvalue weighted by Gasteiger charge is -2.28. The fraction of sp³-hybridized carbons (Fsp3) is 0.857. The number of halogens is 2. The van der Waals surface area contributed by atoms with Crippen molar-refractivity contribution in [3.05, 3.63) is 0 Å². The zero-order valence-corrected chi connectivity index (χ0v) is 15.2. The zero-order chi connectivity index (χ0) is 19.3. The van der Waals surface area contributed by atoms with Crippen LogP contribution in [-0.4, -0.2) is 91.0 Å². The summed E-state index contributed by atoms with van der Waals surface area (Å²) in [5.41, 5.74) is 0. The van der Waals surface area contributed by atoms with Crippen molar-refractivity contribution in [2.75, 3.05) is 26.4 Å². The number of amides is 4. The summed E-state index contributed by atoms with van der Waals surface area (Å²) in [5, 5.41) is 1.34. The van der Waals surface area contributed by atoms with Gasteiger partial charge in [0.25, 0.3) is 0 Å². The fourth-order valence-electron chi connectivity index (χ4n) is 4.15. The van der Waals surface area contributed by atoms with E-state index in [4.69, 9.17) is 8.57 Å². The van der Waals surface area contributed by atoms with Crippen LogP contribution in [0.25, 0.3) is 0 Å². The highest BCUT2D eigenvalue weighted by Gasteiger charge is 2.50. The van der Waals surface area contributed by atoms with Crippen molar-refractivity contribution in [3.63, 3.8) is 0 Å². The topological polar surface area (TPSA) is 99.7 Å². The Morgan fingerprint density at radius 3 is 1.59 bits per heavy atom. The van der Waals surface area contributed by atoms with Crippen molar-refractivity contribution in [2.45, 2.75) is 49.9 Å². The lowest BCUT2D eigenvalue weighted by atomic mass is 10.0. The summed E-state index contributed by atoms with van der Waals surface area (Å²) >= 11 is 0. The van der Waals surface area contributed by atoms with Crippen LogP contribution >= 0.6 is 0 Å². The highest BCUT2D eigenvalue weighted by Crippen LogP contribution is 2.33. The Labute approximate surface area is 154 Å². The molecule has 0 aromatic rings. The molecule has 10 nitrogen and oxygen atoms in total. The number of hydrogen-bond donors (Lipinski definition) is 0. The molecule has 4 amide bonds. The summed E-state index contributed by atoms with van der Waals surface area (Å²) in [7, 11) is -4.77. The SMILES string of the molecule is O=C1N2CC(CCC2CF)N1OS(=O)(=O)ON1C(=O)N2CC1CCC2CF. The van der Waals surface area contributed by atoms with Gasteiger partial charge < -0.3 is 9.80 Å². The van der Waals surface area contributed by atoms with Gasteiger partial charge in [-0.2, -0.15) is 18.5 Å². The van der Waals surface area contributed by atoms with Crippen LogP contribution in [0.15, 0.2) is 0 Å². The van der Waals surface area contributed by atoms with Gasteiger partial charge in [0, 0.05) is 13.1 Å². The summed E-state index contributed by atoms with van der Waals surface area (Å²) in [5.74, 6) is 0. The molecular formula is C14H20F2N4O6S. The number of hydroxylamine groups is 4. The van der Waals surface area contributed by atoms with Gasteiger partial charge in [-0.1, -0.05) is 0 Å². The number of carbonyl (C=O) groups excluding carboxylic acids is 2. The minimum absolute atomic E-state index is 0.167. The van der Waals surface area contributed by atoms with E-state index in [2.05, 4.69) is 0 Å². The molecular weight excluding hydrogens is 390 g/mol. The zero-order valence-electron chi connectivity index (χ0n) is 14.4. The van der Waals surface area contributed by atoms with Gasteiger partial charge in [0.15, 0.2) is 0 Å². The van der Waals surface area contributed by atoms with Gasteiger partial charge in [0.1, 0.15) is 13.3 Å². The van der Waals surface area contributed by atoms with Gasteiger partial charge in [0.2, 0.25) is 0 Å². The number of alkyl halides is 2. The van der Waals surface area contributed by atoms with E-state index in [0.717, 1.165) is 0 Å². The molecule has 0 aliphatic carbocycles. The molecule has 4 atom stereocenters. The molecule has 4 unspecified atom stereocenters. The maximum Gasteiger partial charge on any atom is 0.442 e. The van der Waals surface area contributed by atoms with Crippen molar-refractivity contribution >= 4 is 22.5 Å². The van der Waals surface area contributed by atoms with Crippen LogP contribution in [0, 0.1) is 0 Å². The molecule has 4 aliphatic rings. The van der Waals surface area contributed by atoms with Gasteiger partial charge in [-0.3, -0.25) is 0 Å². The predicted molar refractivity (Wildman–Crippen MR) is 84.5 cm³/mol. The van der Waals surface area contributed by atoms with E-state index in [1.165, 1.54) is 9.80 Å². The van der Waals surface area contributed by atoms with E-state index in [-0.39, 0.29) is 13.1 Å². The van der Waals surface area contributed by atoms with Crippen LogP contribution in [0.4, 0.5) is 18.4 Å². The normalized spacial score (nSPS) is 33.4. The summed E-state index contributed by atoms with van der Waals surface area (Å²) in [4.78, 5) is 27.1. The average molecular weight is 410 g/mol. The Kier molecular flexibility index (Phi) is 4.63. The van der Waals surface area contributed by atoms with E-state index >= 15 is 0 Å². The Bertz CT molecular complexity index is 685. The largest absolute Gasteiger partial charge is 0.442 e. The average Bonchev–Trinajstić information content (AvgIpc) is 3.03. The smallest absolute Gasteiger partial charge is 0.315 e. The van der Waals surface area contributed by atoms with Crippen LogP contribution in [0.5, 0.6) is 0 Å². The molecule has 27 heavy (non-hydrogen) atoms. The highest BCUT2D eigenvalue weighted by molar-refractivity contribution is 7.81. The quantitative estimate of drug-likeness (QED) is 0.635. The van der Waals surface area contributed by atoms with E-state index < -0.39 is 60.0 Å². The van der Waals surface area contributed by atoms with Gasteiger partial charge in [-0.15, -0.1) is 8.57 Å². The Hall–Kier alpha value is -1.73. The van der Waals surface area contributed by atoms with Crippen LogP contribution in [0.2, 0.25) is 0 Å². The first kappa shape index (κ1) is 18.6. The number of urea groups is 2. The van der Waals surface area contributed by atoms with Crippen molar-refractivity contribution in [2.24, 2.45) is 0 Å². The molecule has 4 bridgehead atoms. The third-order valence-electron chi connectivity index (χ3n) is 5.59. The number of nitrogens with zero attached hydrogens (tertiary/aromatic N) is 4. The third kappa shape index (κ3) is 3.10. The molecule has 0 radical (unpaired) electrons. The molecule has 0 spiro atoms. The van der Waals surface area contributed by atoms with E-state index in [1.54, 1.807) is 0 Å². The monoisotopic (exact) mass is 410 g/mol. The molecule has 0 aromatic heterocycles. The standard InChI is InChI=1S/C14H20F2N4O6S/c15-5-9-1-3-11-7-17(9)13(21)19(11)25-27(23,24)26-20-12-4-2-10(6-16)18(8-12)14(20)22/h9-12H,1-8H2. The molecule has 4 aliphatic heterocycles. The van der Waals surface area contributed by atoms with Gasteiger partial charge >= 0.3 is 22.5 Å². The van der Waals surface area contributed by atoms with Crippen LogP contribution < -0.4 is 0 Å². The number of piperidine rings is 2. The van der Waals surface area contributed by atoms with Gasteiger partial charge in [-0.05, 0) is 25.7 Å². The number of carbonyl (C=O) groups is 2. The molecule has 0 N–H and O–H groups in total. The maximum atomic E-state index is 13.0. The summed E-state index contributed by atoms with van der Waals surface area (Å²) in [6, 6.07) is -3.77. The molecule has 0 aromatic carbocycles. The molecule has 4 saturated heterocycles.